The Balaban J connectivity index is 1.15. The number of benzene rings is 5. The third-order valence-corrected chi connectivity index (χ3v) is 8.15. The van der Waals surface area contributed by atoms with Crippen LogP contribution in [0, 0.1) is 12.7 Å². The van der Waals surface area contributed by atoms with Gasteiger partial charge in [0.2, 0.25) is 0 Å². The summed E-state index contributed by atoms with van der Waals surface area (Å²) >= 11 is 15.4. The van der Waals surface area contributed by atoms with Crippen LogP contribution in [0.4, 0.5) is 15.8 Å². The number of hydrogen-bond acceptors (Lipinski definition) is 6. The zero-order chi connectivity index (χ0) is 35.1. The SMILES string of the molecule is Cc1cc(C(=O)c2ccc(Br)cc2)ccc1OCC(=O)Nc1ccccc1NC(=O)COc1c(F)cc(C(=O)c2ccc(Cl)cc2)cc1Cl. The number of ketones is 2. The van der Waals surface area contributed by atoms with E-state index in [2.05, 4.69) is 26.6 Å². The highest BCUT2D eigenvalue weighted by molar-refractivity contribution is 9.10. The first-order chi connectivity index (χ1) is 23.5. The topological polar surface area (TPSA) is 111 Å². The molecule has 0 aliphatic carbocycles. The number of rotatable bonds is 12. The molecule has 0 aliphatic heterocycles. The number of hydrogen-bond donors (Lipinski definition) is 2. The van der Waals surface area contributed by atoms with Gasteiger partial charge < -0.3 is 20.1 Å². The van der Waals surface area contributed by atoms with Gasteiger partial charge in [0.25, 0.3) is 11.8 Å². The summed E-state index contributed by atoms with van der Waals surface area (Å²) in [6.07, 6.45) is 0. The van der Waals surface area contributed by atoms with E-state index in [0.29, 0.717) is 33.0 Å². The molecule has 8 nitrogen and oxygen atoms in total. The average molecular weight is 764 g/mol. The Labute approximate surface area is 299 Å². The first kappa shape index (κ1) is 35.3. The summed E-state index contributed by atoms with van der Waals surface area (Å²) in [5.74, 6) is -2.68. The Kier molecular flexibility index (Phi) is 11.5. The second-order valence-corrected chi connectivity index (χ2v) is 12.4. The summed E-state index contributed by atoms with van der Waals surface area (Å²) in [5, 5.41) is 5.55. The Morgan fingerprint density at radius 3 is 1.78 bits per heavy atom. The number of aryl methyl sites for hydroxylation is 1. The van der Waals surface area contributed by atoms with Crippen LogP contribution in [0.1, 0.15) is 37.4 Å². The van der Waals surface area contributed by atoms with Gasteiger partial charge in [-0.15, -0.1) is 0 Å². The number of carbonyl (C=O) groups is 4. The molecule has 0 fully saturated rings. The summed E-state index contributed by atoms with van der Waals surface area (Å²) < 4.78 is 26.8. The van der Waals surface area contributed by atoms with Crippen molar-refractivity contribution in [3.63, 3.8) is 0 Å². The molecule has 49 heavy (non-hydrogen) atoms. The van der Waals surface area contributed by atoms with Crippen molar-refractivity contribution in [2.45, 2.75) is 6.92 Å². The van der Waals surface area contributed by atoms with Crippen molar-refractivity contribution < 1.29 is 33.0 Å². The van der Waals surface area contributed by atoms with Gasteiger partial charge in [-0.1, -0.05) is 51.3 Å². The largest absolute Gasteiger partial charge is 0.483 e. The smallest absolute Gasteiger partial charge is 0.262 e. The minimum Gasteiger partial charge on any atom is -0.483 e. The summed E-state index contributed by atoms with van der Waals surface area (Å²) in [5.41, 5.74) is 2.52. The van der Waals surface area contributed by atoms with E-state index in [4.69, 9.17) is 32.7 Å². The van der Waals surface area contributed by atoms with Crippen LogP contribution in [0.5, 0.6) is 11.5 Å². The zero-order valence-electron chi connectivity index (χ0n) is 25.7. The lowest BCUT2D eigenvalue weighted by Crippen LogP contribution is -2.24. The van der Waals surface area contributed by atoms with E-state index in [9.17, 15) is 23.6 Å². The number of nitrogens with one attached hydrogen (secondary N) is 2. The number of ether oxygens (including phenoxy) is 2. The molecular weight excluding hydrogens is 738 g/mol. The van der Waals surface area contributed by atoms with E-state index in [1.54, 1.807) is 85.8 Å². The molecule has 0 saturated heterocycles. The van der Waals surface area contributed by atoms with Crippen molar-refractivity contribution in [3.05, 3.63) is 151 Å². The molecule has 248 valence electrons. The van der Waals surface area contributed by atoms with Gasteiger partial charge in [-0.2, -0.15) is 0 Å². The minimum atomic E-state index is -0.925. The molecule has 0 radical (unpaired) electrons. The van der Waals surface area contributed by atoms with Gasteiger partial charge in [-0.25, -0.2) is 4.39 Å². The molecule has 5 rings (SSSR count). The number of carbonyl (C=O) groups excluding carboxylic acids is 4. The minimum absolute atomic E-state index is 0.00532. The van der Waals surface area contributed by atoms with E-state index in [-0.39, 0.29) is 34.4 Å². The highest BCUT2D eigenvalue weighted by Crippen LogP contribution is 2.31. The van der Waals surface area contributed by atoms with Gasteiger partial charge in [0.15, 0.2) is 36.3 Å². The Bertz CT molecular complexity index is 2030. The summed E-state index contributed by atoms with van der Waals surface area (Å²) in [7, 11) is 0. The molecule has 0 spiro atoms. The number of amides is 2. The van der Waals surface area contributed by atoms with Crippen molar-refractivity contribution in [3.8, 4) is 11.5 Å². The van der Waals surface area contributed by atoms with E-state index in [1.807, 2.05) is 0 Å². The van der Waals surface area contributed by atoms with Crippen LogP contribution in [-0.4, -0.2) is 36.6 Å². The average Bonchev–Trinajstić information content (AvgIpc) is 3.08. The number of halogens is 4. The fraction of sp³-hybridized carbons (Fsp3) is 0.0811. The standard InChI is InChI=1S/C37H26BrCl2FN2O6/c1-21-16-24(35(46)22-6-11-26(38)12-7-22)10-15-32(21)48-19-33(44)42-30-4-2-3-5-31(30)43-34(45)20-49-37-28(40)17-25(18-29(37)41)36(47)23-8-13-27(39)14-9-23/h2-18H,19-20H2,1H3,(H,42,44)(H,43,45). The summed E-state index contributed by atoms with van der Waals surface area (Å²) in [6.45, 7) is 0.805. The van der Waals surface area contributed by atoms with E-state index >= 15 is 0 Å². The van der Waals surface area contributed by atoms with Crippen molar-refractivity contribution in [2.24, 2.45) is 0 Å². The molecular formula is C37H26BrCl2FN2O6. The van der Waals surface area contributed by atoms with Gasteiger partial charge in [-0.3, -0.25) is 19.2 Å². The fourth-order valence-corrected chi connectivity index (χ4v) is 5.32. The molecule has 0 saturated carbocycles. The van der Waals surface area contributed by atoms with Gasteiger partial charge in [0.05, 0.1) is 16.4 Å². The summed E-state index contributed by atoms with van der Waals surface area (Å²) in [6, 6.07) is 26.8. The van der Waals surface area contributed by atoms with Gasteiger partial charge in [0, 0.05) is 31.7 Å². The Morgan fingerprint density at radius 1 is 0.673 bits per heavy atom. The second-order valence-electron chi connectivity index (χ2n) is 10.6. The quantitative estimate of drug-likeness (QED) is 0.123. The summed E-state index contributed by atoms with van der Waals surface area (Å²) in [4.78, 5) is 51.1. The molecule has 0 aromatic heterocycles. The van der Waals surface area contributed by atoms with Gasteiger partial charge in [-0.05, 0) is 103 Å². The second kappa shape index (κ2) is 15.9. The molecule has 0 aliphatic rings. The number of para-hydroxylation sites is 2. The molecule has 2 N–H and O–H groups in total. The molecule has 0 heterocycles. The molecule has 0 bridgehead atoms. The maximum atomic E-state index is 14.9. The Hall–Kier alpha value is -5.03. The van der Waals surface area contributed by atoms with Crippen molar-refractivity contribution in [1.29, 1.82) is 0 Å². The predicted molar refractivity (Wildman–Crippen MR) is 190 cm³/mol. The maximum absolute atomic E-state index is 14.9. The van der Waals surface area contributed by atoms with E-state index in [0.717, 1.165) is 10.5 Å². The van der Waals surface area contributed by atoms with Crippen LogP contribution < -0.4 is 20.1 Å². The highest BCUT2D eigenvalue weighted by Gasteiger charge is 2.19. The maximum Gasteiger partial charge on any atom is 0.262 e. The van der Waals surface area contributed by atoms with Crippen molar-refractivity contribution in [1.82, 2.24) is 0 Å². The molecule has 5 aromatic carbocycles. The predicted octanol–water partition coefficient (Wildman–Crippen LogP) is 8.70. The zero-order valence-corrected chi connectivity index (χ0v) is 28.8. The molecule has 2 amide bonds. The lowest BCUT2D eigenvalue weighted by molar-refractivity contribution is -0.119. The third kappa shape index (κ3) is 9.11. The first-order valence-corrected chi connectivity index (χ1v) is 16.2. The lowest BCUT2D eigenvalue weighted by atomic mass is 10.0. The number of anilines is 2. The van der Waals surface area contributed by atoms with Crippen molar-refractivity contribution >= 4 is 73.9 Å². The molecule has 0 atom stereocenters. The Morgan fingerprint density at radius 2 is 1.20 bits per heavy atom. The van der Waals surface area contributed by atoms with E-state index in [1.165, 1.54) is 18.2 Å². The lowest BCUT2D eigenvalue weighted by Gasteiger charge is -2.14. The monoisotopic (exact) mass is 762 g/mol. The van der Waals surface area contributed by atoms with Crippen LogP contribution in [0.15, 0.2) is 108 Å². The van der Waals surface area contributed by atoms with E-state index < -0.39 is 35.8 Å². The molecule has 0 unspecified atom stereocenters. The third-order valence-electron chi connectivity index (χ3n) is 7.09. The van der Waals surface area contributed by atoms with Crippen LogP contribution in [-0.2, 0) is 9.59 Å². The van der Waals surface area contributed by atoms with Crippen LogP contribution in [0.3, 0.4) is 0 Å². The fourth-order valence-electron chi connectivity index (χ4n) is 4.67. The normalized spacial score (nSPS) is 10.6. The van der Waals surface area contributed by atoms with Gasteiger partial charge in [0.1, 0.15) is 5.75 Å². The van der Waals surface area contributed by atoms with Crippen LogP contribution in [0.25, 0.3) is 0 Å². The molecule has 12 heteroatoms. The van der Waals surface area contributed by atoms with Crippen molar-refractivity contribution in [2.75, 3.05) is 23.8 Å². The molecule has 5 aromatic rings. The van der Waals surface area contributed by atoms with Crippen LogP contribution in [0.2, 0.25) is 10.0 Å². The van der Waals surface area contributed by atoms with Crippen LogP contribution >= 0.6 is 39.1 Å². The first-order valence-electron chi connectivity index (χ1n) is 14.6. The van der Waals surface area contributed by atoms with Gasteiger partial charge >= 0.3 is 0 Å². The highest BCUT2D eigenvalue weighted by atomic mass is 79.9.